The van der Waals surface area contributed by atoms with Crippen LogP contribution in [0.4, 0.5) is 0 Å². The molecule has 4 nitrogen and oxygen atoms in total. The number of aromatic amines is 1. The molecule has 0 aromatic carbocycles. The summed E-state index contributed by atoms with van der Waals surface area (Å²) >= 11 is 5.16. The molecular weight excluding hydrogens is 220 g/mol. The molecule has 2 heterocycles. The molecule has 0 aliphatic heterocycles. The molecule has 1 N–H and O–H groups in total. The monoisotopic (exact) mass is 230 g/mol. The molecule has 16 heavy (non-hydrogen) atoms. The van der Waals surface area contributed by atoms with Gasteiger partial charge in [0.05, 0.1) is 0 Å². The first-order valence-electron chi connectivity index (χ1n) is 5.20. The normalized spacial score (nSPS) is 15.0. The van der Waals surface area contributed by atoms with Crippen LogP contribution < -0.4 is 0 Å². The van der Waals surface area contributed by atoms with E-state index in [1.807, 2.05) is 12.1 Å². The van der Waals surface area contributed by atoms with Crippen molar-refractivity contribution in [2.75, 3.05) is 0 Å². The van der Waals surface area contributed by atoms with Gasteiger partial charge in [0.2, 0.25) is 0 Å². The highest BCUT2D eigenvalue weighted by Crippen LogP contribution is 2.39. The van der Waals surface area contributed by atoms with Gasteiger partial charge in [-0.2, -0.15) is 0 Å². The van der Waals surface area contributed by atoms with Crippen LogP contribution in [-0.2, 0) is 0 Å². The maximum absolute atomic E-state index is 5.16. The molecule has 0 radical (unpaired) electrons. The Hall–Kier alpha value is -1.62. The first kappa shape index (κ1) is 9.59. The van der Waals surface area contributed by atoms with Crippen molar-refractivity contribution in [3.8, 4) is 11.5 Å². The van der Waals surface area contributed by atoms with E-state index in [0.717, 1.165) is 11.5 Å². The molecule has 0 spiro atoms. The molecule has 0 amide bonds. The molecule has 1 fully saturated rings. The lowest BCUT2D eigenvalue weighted by Crippen LogP contribution is -1.96. The zero-order valence-corrected chi connectivity index (χ0v) is 9.37. The van der Waals surface area contributed by atoms with Gasteiger partial charge in [-0.1, -0.05) is 12.2 Å². The number of nitrogens with zero attached hydrogens (tertiary/aromatic N) is 3. The standard InChI is InChI=1S/C11H10N4S/c16-10-5-9(7-1-2-7)14-11(15-10)8-3-4-12-6-13-8/h3-7H,1-2H2,(H,14,15,16). The Morgan fingerprint density at radius 1 is 1.38 bits per heavy atom. The summed E-state index contributed by atoms with van der Waals surface area (Å²) in [6.07, 6.45) is 5.68. The predicted molar refractivity (Wildman–Crippen MR) is 62.4 cm³/mol. The molecule has 1 aliphatic rings. The molecule has 5 heteroatoms. The highest BCUT2D eigenvalue weighted by atomic mass is 32.1. The maximum Gasteiger partial charge on any atom is 0.157 e. The Bertz CT molecular complexity index is 560. The first-order valence-corrected chi connectivity index (χ1v) is 5.61. The molecule has 0 bridgehead atoms. The van der Waals surface area contributed by atoms with E-state index in [2.05, 4.69) is 19.9 Å². The van der Waals surface area contributed by atoms with Gasteiger partial charge in [0.15, 0.2) is 5.82 Å². The number of H-pyrrole nitrogens is 1. The van der Waals surface area contributed by atoms with Gasteiger partial charge < -0.3 is 4.98 Å². The molecule has 1 saturated carbocycles. The SMILES string of the molecule is S=c1cc(C2CC2)[nH]c(-c2ccncn2)n1. The van der Waals surface area contributed by atoms with Gasteiger partial charge in [0.25, 0.3) is 0 Å². The van der Waals surface area contributed by atoms with E-state index in [-0.39, 0.29) is 0 Å². The maximum atomic E-state index is 5.16. The number of hydrogen-bond acceptors (Lipinski definition) is 4. The van der Waals surface area contributed by atoms with Crippen LogP contribution in [0.2, 0.25) is 0 Å². The second-order valence-corrected chi connectivity index (χ2v) is 4.31. The molecule has 0 atom stereocenters. The highest BCUT2D eigenvalue weighted by molar-refractivity contribution is 7.71. The van der Waals surface area contributed by atoms with Crippen LogP contribution in [-0.4, -0.2) is 19.9 Å². The highest BCUT2D eigenvalue weighted by Gasteiger charge is 2.24. The van der Waals surface area contributed by atoms with Crippen molar-refractivity contribution in [3.05, 3.63) is 35.0 Å². The van der Waals surface area contributed by atoms with E-state index in [4.69, 9.17) is 12.2 Å². The quantitative estimate of drug-likeness (QED) is 0.805. The summed E-state index contributed by atoms with van der Waals surface area (Å²) < 4.78 is 0.620. The van der Waals surface area contributed by atoms with Crippen LogP contribution in [0.1, 0.15) is 24.5 Å². The summed E-state index contributed by atoms with van der Waals surface area (Å²) in [5, 5.41) is 0. The molecule has 0 unspecified atom stereocenters. The van der Waals surface area contributed by atoms with E-state index in [1.54, 1.807) is 6.20 Å². The van der Waals surface area contributed by atoms with E-state index in [9.17, 15) is 0 Å². The van der Waals surface area contributed by atoms with Gasteiger partial charge in [-0.15, -0.1) is 0 Å². The minimum atomic E-state index is 0.620. The molecule has 80 valence electrons. The van der Waals surface area contributed by atoms with Crippen molar-refractivity contribution < 1.29 is 0 Å². The molecule has 0 saturated heterocycles. The van der Waals surface area contributed by atoms with Gasteiger partial charge in [-0.25, -0.2) is 15.0 Å². The minimum Gasteiger partial charge on any atom is -0.342 e. The smallest absolute Gasteiger partial charge is 0.157 e. The first-order chi connectivity index (χ1) is 7.83. The molecule has 3 rings (SSSR count). The zero-order valence-electron chi connectivity index (χ0n) is 8.55. The third-order valence-corrected chi connectivity index (χ3v) is 2.81. The van der Waals surface area contributed by atoms with Crippen LogP contribution in [0.3, 0.4) is 0 Å². The Morgan fingerprint density at radius 3 is 2.94 bits per heavy atom. The van der Waals surface area contributed by atoms with Gasteiger partial charge in [-0.3, -0.25) is 0 Å². The fourth-order valence-corrected chi connectivity index (χ4v) is 1.86. The fraction of sp³-hybridized carbons (Fsp3) is 0.273. The summed E-state index contributed by atoms with van der Waals surface area (Å²) in [7, 11) is 0. The summed E-state index contributed by atoms with van der Waals surface area (Å²) in [5.41, 5.74) is 1.96. The summed E-state index contributed by atoms with van der Waals surface area (Å²) in [4.78, 5) is 15.6. The van der Waals surface area contributed by atoms with Crippen molar-refractivity contribution in [3.63, 3.8) is 0 Å². The summed E-state index contributed by atoms with van der Waals surface area (Å²) in [5.74, 6) is 1.36. The van der Waals surface area contributed by atoms with Gasteiger partial charge >= 0.3 is 0 Å². The average molecular weight is 230 g/mol. The second-order valence-electron chi connectivity index (χ2n) is 3.89. The minimum absolute atomic E-state index is 0.620. The van der Waals surface area contributed by atoms with Crippen molar-refractivity contribution in [2.24, 2.45) is 0 Å². The van der Waals surface area contributed by atoms with Crippen LogP contribution >= 0.6 is 12.2 Å². The van der Waals surface area contributed by atoms with Crippen molar-refractivity contribution in [1.82, 2.24) is 19.9 Å². The molecule has 1 aliphatic carbocycles. The summed E-state index contributed by atoms with van der Waals surface area (Å²) in [6.45, 7) is 0. The molecule has 2 aromatic heterocycles. The number of nitrogens with one attached hydrogen (secondary N) is 1. The van der Waals surface area contributed by atoms with Crippen molar-refractivity contribution >= 4 is 12.2 Å². The Morgan fingerprint density at radius 2 is 2.25 bits per heavy atom. The van der Waals surface area contributed by atoms with Crippen LogP contribution in [0.5, 0.6) is 0 Å². The summed E-state index contributed by atoms with van der Waals surface area (Å²) in [6, 6.07) is 3.77. The lowest BCUT2D eigenvalue weighted by molar-refractivity contribution is 0.978. The second kappa shape index (κ2) is 3.75. The van der Waals surface area contributed by atoms with Crippen molar-refractivity contribution in [2.45, 2.75) is 18.8 Å². The van der Waals surface area contributed by atoms with E-state index >= 15 is 0 Å². The lowest BCUT2D eigenvalue weighted by Gasteiger charge is -2.03. The van der Waals surface area contributed by atoms with Crippen LogP contribution in [0.15, 0.2) is 24.7 Å². The molecule has 2 aromatic rings. The zero-order chi connectivity index (χ0) is 11.0. The Balaban J connectivity index is 2.10. The van der Waals surface area contributed by atoms with Gasteiger partial charge in [-0.05, 0) is 30.9 Å². The largest absolute Gasteiger partial charge is 0.342 e. The number of hydrogen-bond donors (Lipinski definition) is 1. The number of aromatic nitrogens is 4. The molecular formula is C11H10N4S. The predicted octanol–water partition coefficient (Wildman–Crippen LogP) is 2.47. The van der Waals surface area contributed by atoms with E-state index in [1.165, 1.54) is 24.9 Å². The fourth-order valence-electron chi connectivity index (χ4n) is 1.64. The van der Waals surface area contributed by atoms with E-state index < -0.39 is 0 Å². The van der Waals surface area contributed by atoms with Crippen molar-refractivity contribution in [1.29, 1.82) is 0 Å². The lowest BCUT2D eigenvalue weighted by atomic mass is 10.2. The number of rotatable bonds is 2. The topological polar surface area (TPSA) is 54.5 Å². The Labute approximate surface area is 97.8 Å². The van der Waals surface area contributed by atoms with Gasteiger partial charge in [0, 0.05) is 11.9 Å². The van der Waals surface area contributed by atoms with Gasteiger partial charge in [0.1, 0.15) is 16.7 Å². The average Bonchev–Trinajstić information content (AvgIpc) is 3.13. The third kappa shape index (κ3) is 1.86. The van der Waals surface area contributed by atoms with Crippen LogP contribution in [0, 0.1) is 4.64 Å². The van der Waals surface area contributed by atoms with Crippen LogP contribution in [0.25, 0.3) is 11.5 Å². The van der Waals surface area contributed by atoms with E-state index in [0.29, 0.717) is 10.6 Å². The Kier molecular flexibility index (Phi) is 2.25. The third-order valence-electron chi connectivity index (χ3n) is 2.61.